The molecule has 4 rings (SSSR count). The lowest BCUT2D eigenvalue weighted by atomic mass is 9.44. The monoisotopic (exact) mass is 319 g/mol. The van der Waals surface area contributed by atoms with Crippen molar-refractivity contribution in [2.24, 2.45) is 34.5 Å². The summed E-state index contributed by atoms with van der Waals surface area (Å²) in [6, 6.07) is 0.742. The van der Waals surface area contributed by atoms with Crippen LogP contribution >= 0.6 is 0 Å². The summed E-state index contributed by atoms with van der Waals surface area (Å²) >= 11 is 0. The molecule has 8 atom stereocenters. The summed E-state index contributed by atoms with van der Waals surface area (Å²) in [5.41, 5.74) is 0.647. The van der Waals surface area contributed by atoms with E-state index in [1.165, 1.54) is 44.9 Å². The largest absolute Gasteiger partial charge is 0.390 e. The minimum Gasteiger partial charge on any atom is -0.390 e. The van der Waals surface area contributed by atoms with Crippen molar-refractivity contribution >= 4 is 0 Å². The number of hydrogen-bond acceptors (Lipinski definition) is 2. The standard InChI is InChI=1S/C21H37NO/c1-19(23)11-12-20(2)14(13-19)5-6-15-16-7-8-18(22-4)21(16,3)10-9-17(15)20/h14-18,22-23H,5-13H2,1-4H3/t14-,15-,16-,17-,18-,19+,20-,21-/m0/s1. The second-order valence-electron chi connectivity index (χ2n) is 10.3. The first-order chi connectivity index (χ1) is 10.8. The molecule has 0 radical (unpaired) electrons. The van der Waals surface area contributed by atoms with Crippen LogP contribution in [0.15, 0.2) is 0 Å². The molecular weight excluding hydrogens is 282 g/mol. The van der Waals surface area contributed by atoms with Crippen LogP contribution in [0.5, 0.6) is 0 Å². The van der Waals surface area contributed by atoms with E-state index in [4.69, 9.17) is 0 Å². The van der Waals surface area contributed by atoms with Gasteiger partial charge in [-0.15, -0.1) is 0 Å². The van der Waals surface area contributed by atoms with Gasteiger partial charge in [0.2, 0.25) is 0 Å². The molecule has 0 aromatic heterocycles. The summed E-state index contributed by atoms with van der Waals surface area (Å²) < 4.78 is 0. The van der Waals surface area contributed by atoms with Crippen LogP contribution in [0.4, 0.5) is 0 Å². The zero-order valence-electron chi connectivity index (χ0n) is 15.7. The highest BCUT2D eigenvalue weighted by Gasteiger charge is 2.60. The maximum atomic E-state index is 10.6. The van der Waals surface area contributed by atoms with Crippen LogP contribution in [-0.2, 0) is 0 Å². The summed E-state index contributed by atoms with van der Waals surface area (Å²) in [4.78, 5) is 0. The molecule has 0 heterocycles. The highest BCUT2D eigenvalue weighted by atomic mass is 16.3. The number of aliphatic hydroxyl groups is 1. The fourth-order valence-corrected chi connectivity index (χ4v) is 7.91. The fraction of sp³-hybridized carbons (Fsp3) is 1.00. The van der Waals surface area contributed by atoms with E-state index in [-0.39, 0.29) is 0 Å². The highest BCUT2D eigenvalue weighted by molar-refractivity contribution is 5.11. The van der Waals surface area contributed by atoms with E-state index >= 15 is 0 Å². The van der Waals surface area contributed by atoms with Gasteiger partial charge in [0.05, 0.1) is 5.60 Å². The maximum absolute atomic E-state index is 10.6. The SMILES string of the molecule is CN[C@H]1CC[C@H]2[C@@H]3CC[C@H]4C[C@](C)(O)CC[C@]4(C)[C@H]3CC[C@]12C. The Hall–Kier alpha value is -0.0800. The molecule has 0 aromatic carbocycles. The summed E-state index contributed by atoms with van der Waals surface area (Å²) in [6.07, 6.45) is 11.8. The Balaban J connectivity index is 1.60. The lowest BCUT2D eigenvalue weighted by Gasteiger charge is -2.61. The Morgan fingerprint density at radius 2 is 1.57 bits per heavy atom. The molecule has 4 saturated carbocycles. The molecule has 0 unspecified atom stereocenters. The van der Waals surface area contributed by atoms with E-state index in [0.717, 1.165) is 42.6 Å². The van der Waals surface area contributed by atoms with Crippen LogP contribution < -0.4 is 5.32 Å². The molecule has 0 aromatic rings. The molecule has 0 amide bonds. The summed E-state index contributed by atoms with van der Waals surface area (Å²) in [6.45, 7) is 7.25. The van der Waals surface area contributed by atoms with E-state index < -0.39 is 5.60 Å². The number of rotatable bonds is 1. The van der Waals surface area contributed by atoms with Crippen molar-refractivity contribution in [3.63, 3.8) is 0 Å². The zero-order valence-corrected chi connectivity index (χ0v) is 15.7. The van der Waals surface area contributed by atoms with Gasteiger partial charge < -0.3 is 10.4 Å². The summed E-state index contributed by atoms with van der Waals surface area (Å²) in [5.74, 6) is 3.58. The van der Waals surface area contributed by atoms with Crippen LogP contribution in [0.25, 0.3) is 0 Å². The topological polar surface area (TPSA) is 32.3 Å². The molecule has 0 bridgehead atoms. The smallest absolute Gasteiger partial charge is 0.0622 e. The van der Waals surface area contributed by atoms with Crippen LogP contribution in [-0.4, -0.2) is 23.8 Å². The number of nitrogens with one attached hydrogen (secondary N) is 1. The van der Waals surface area contributed by atoms with Crippen LogP contribution in [0.2, 0.25) is 0 Å². The van der Waals surface area contributed by atoms with E-state index in [9.17, 15) is 5.11 Å². The number of fused-ring (bicyclic) bond motifs is 5. The van der Waals surface area contributed by atoms with E-state index in [0.29, 0.717) is 10.8 Å². The average molecular weight is 320 g/mol. The minimum absolute atomic E-state index is 0.398. The van der Waals surface area contributed by atoms with E-state index in [2.05, 4.69) is 33.1 Å². The molecule has 2 N–H and O–H groups in total. The lowest BCUT2D eigenvalue weighted by Crippen LogP contribution is -2.56. The van der Waals surface area contributed by atoms with Gasteiger partial charge in [0.1, 0.15) is 0 Å². The summed E-state index contributed by atoms with van der Waals surface area (Å²) in [5, 5.41) is 14.2. The van der Waals surface area contributed by atoms with Gasteiger partial charge in [0.25, 0.3) is 0 Å². The fourth-order valence-electron chi connectivity index (χ4n) is 7.91. The molecule has 2 heteroatoms. The van der Waals surface area contributed by atoms with Gasteiger partial charge in [-0.1, -0.05) is 13.8 Å². The number of hydrogen-bond donors (Lipinski definition) is 2. The van der Waals surface area contributed by atoms with Crippen molar-refractivity contribution in [1.82, 2.24) is 5.32 Å². The van der Waals surface area contributed by atoms with E-state index in [1.54, 1.807) is 0 Å². The zero-order chi connectivity index (χ0) is 16.5. The molecule has 2 nitrogen and oxygen atoms in total. The third-order valence-corrected chi connectivity index (χ3v) is 9.30. The second kappa shape index (κ2) is 5.21. The summed E-state index contributed by atoms with van der Waals surface area (Å²) in [7, 11) is 2.17. The van der Waals surface area contributed by atoms with Gasteiger partial charge in [-0.2, -0.15) is 0 Å². The predicted molar refractivity (Wildman–Crippen MR) is 95.2 cm³/mol. The van der Waals surface area contributed by atoms with Gasteiger partial charge >= 0.3 is 0 Å². The van der Waals surface area contributed by atoms with Crippen molar-refractivity contribution in [3.8, 4) is 0 Å². The minimum atomic E-state index is -0.398. The molecular formula is C21H37NO. The third-order valence-electron chi connectivity index (χ3n) is 9.30. The molecule has 0 aliphatic heterocycles. The molecule has 23 heavy (non-hydrogen) atoms. The molecule has 0 saturated heterocycles. The quantitative estimate of drug-likeness (QED) is 0.752. The van der Waals surface area contributed by atoms with Gasteiger partial charge in [0, 0.05) is 6.04 Å². The van der Waals surface area contributed by atoms with Crippen molar-refractivity contribution in [3.05, 3.63) is 0 Å². The van der Waals surface area contributed by atoms with Gasteiger partial charge in [-0.05, 0) is 106 Å². The highest BCUT2D eigenvalue weighted by Crippen LogP contribution is 2.66. The average Bonchev–Trinajstić information content (AvgIpc) is 2.84. The Morgan fingerprint density at radius 3 is 2.30 bits per heavy atom. The molecule has 132 valence electrons. The van der Waals surface area contributed by atoms with Gasteiger partial charge in [-0.3, -0.25) is 0 Å². The van der Waals surface area contributed by atoms with Crippen molar-refractivity contribution < 1.29 is 5.11 Å². The Labute approximate surface area is 142 Å². The normalized spacial score (nSPS) is 59.1. The first kappa shape index (κ1) is 16.4. The van der Waals surface area contributed by atoms with Crippen molar-refractivity contribution in [2.45, 2.75) is 90.2 Å². The van der Waals surface area contributed by atoms with Gasteiger partial charge in [0.15, 0.2) is 0 Å². The van der Waals surface area contributed by atoms with Crippen LogP contribution in [0.1, 0.15) is 78.6 Å². The van der Waals surface area contributed by atoms with Crippen molar-refractivity contribution in [2.75, 3.05) is 7.05 Å². The Kier molecular flexibility index (Phi) is 3.71. The first-order valence-electron chi connectivity index (χ1n) is 10.2. The van der Waals surface area contributed by atoms with Gasteiger partial charge in [-0.25, -0.2) is 0 Å². The Morgan fingerprint density at radius 1 is 0.826 bits per heavy atom. The van der Waals surface area contributed by atoms with E-state index in [1.807, 2.05) is 0 Å². The molecule has 4 aliphatic carbocycles. The predicted octanol–water partition coefficient (Wildman–Crippen LogP) is 4.37. The van der Waals surface area contributed by atoms with Crippen LogP contribution in [0.3, 0.4) is 0 Å². The molecule has 0 spiro atoms. The maximum Gasteiger partial charge on any atom is 0.0622 e. The lowest BCUT2D eigenvalue weighted by molar-refractivity contribution is -0.143. The molecule has 4 aliphatic rings. The van der Waals surface area contributed by atoms with Crippen molar-refractivity contribution in [1.29, 1.82) is 0 Å². The third kappa shape index (κ3) is 2.27. The molecule has 4 fully saturated rings. The Bertz CT molecular complexity index is 474. The second-order valence-corrected chi connectivity index (χ2v) is 10.3. The first-order valence-corrected chi connectivity index (χ1v) is 10.2. The van der Waals surface area contributed by atoms with Crippen LogP contribution in [0, 0.1) is 34.5 Å².